The minimum atomic E-state index is -0.129. The van der Waals surface area contributed by atoms with Crippen LogP contribution in [0.1, 0.15) is 25.3 Å². The molecular weight excluding hydrogens is 296 g/mol. The molecule has 0 unspecified atom stereocenters. The Kier molecular flexibility index (Phi) is 6.41. The van der Waals surface area contributed by atoms with Crippen molar-refractivity contribution in [2.75, 3.05) is 39.8 Å². The summed E-state index contributed by atoms with van der Waals surface area (Å²) in [5.74, 6) is 1.38. The van der Waals surface area contributed by atoms with Crippen LogP contribution in [0.4, 0.5) is 4.79 Å². The summed E-state index contributed by atoms with van der Waals surface area (Å²) in [5.41, 5.74) is 0.747. The molecule has 2 rings (SSSR count). The van der Waals surface area contributed by atoms with Crippen LogP contribution >= 0.6 is 0 Å². The second-order valence-electron chi connectivity index (χ2n) is 6.62. The van der Waals surface area contributed by atoms with E-state index in [0.29, 0.717) is 19.0 Å². The van der Waals surface area contributed by atoms with E-state index in [1.807, 2.05) is 13.0 Å². The number of morpholine rings is 1. The molecule has 0 radical (unpaired) electrons. The van der Waals surface area contributed by atoms with Crippen LogP contribution in [0, 0.1) is 12.8 Å². The lowest BCUT2D eigenvalue weighted by atomic mass is 10.2. The molecule has 130 valence electrons. The van der Waals surface area contributed by atoms with E-state index in [4.69, 9.17) is 9.26 Å². The van der Waals surface area contributed by atoms with E-state index in [-0.39, 0.29) is 12.1 Å². The summed E-state index contributed by atoms with van der Waals surface area (Å²) < 4.78 is 10.7. The Morgan fingerprint density at radius 3 is 3.00 bits per heavy atom. The largest absolute Gasteiger partial charge is 0.374 e. The van der Waals surface area contributed by atoms with E-state index in [1.165, 1.54) is 0 Å². The van der Waals surface area contributed by atoms with Crippen LogP contribution in [0.25, 0.3) is 0 Å². The second-order valence-corrected chi connectivity index (χ2v) is 6.62. The summed E-state index contributed by atoms with van der Waals surface area (Å²) in [6.45, 7) is 10.8. The van der Waals surface area contributed by atoms with Gasteiger partial charge in [0, 0.05) is 39.3 Å². The van der Waals surface area contributed by atoms with Gasteiger partial charge in [0.15, 0.2) is 0 Å². The summed E-state index contributed by atoms with van der Waals surface area (Å²) in [5, 5.41) is 6.83. The normalized spacial score (nSPS) is 19.1. The number of ether oxygens (including phenoxy) is 1. The molecule has 0 aromatic carbocycles. The number of carbonyl (C=O) groups is 1. The molecule has 1 fully saturated rings. The number of hydrogen-bond acceptors (Lipinski definition) is 5. The molecule has 0 aliphatic carbocycles. The van der Waals surface area contributed by atoms with Gasteiger partial charge in [-0.1, -0.05) is 19.0 Å². The fourth-order valence-electron chi connectivity index (χ4n) is 2.73. The molecule has 23 heavy (non-hydrogen) atoms. The molecule has 0 bridgehead atoms. The van der Waals surface area contributed by atoms with Gasteiger partial charge in [0.1, 0.15) is 11.5 Å². The van der Waals surface area contributed by atoms with Gasteiger partial charge in [0.05, 0.1) is 19.3 Å². The third kappa shape index (κ3) is 5.84. The van der Waals surface area contributed by atoms with Crippen LogP contribution in [0.2, 0.25) is 0 Å². The van der Waals surface area contributed by atoms with E-state index >= 15 is 0 Å². The van der Waals surface area contributed by atoms with Crippen LogP contribution in [0.15, 0.2) is 10.6 Å². The zero-order valence-electron chi connectivity index (χ0n) is 14.5. The fraction of sp³-hybridized carbons (Fsp3) is 0.750. The number of aromatic nitrogens is 1. The molecule has 1 aromatic heterocycles. The molecule has 2 heterocycles. The van der Waals surface area contributed by atoms with Crippen LogP contribution in [-0.2, 0) is 11.3 Å². The third-order valence-corrected chi connectivity index (χ3v) is 3.75. The van der Waals surface area contributed by atoms with Crippen LogP contribution < -0.4 is 5.32 Å². The first-order chi connectivity index (χ1) is 10.9. The van der Waals surface area contributed by atoms with Crippen molar-refractivity contribution in [2.45, 2.75) is 33.4 Å². The van der Waals surface area contributed by atoms with Crippen molar-refractivity contribution in [1.29, 1.82) is 0 Å². The highest BCUT2D eigenvalue weighted by atomic mass is 16.5. The smallest absolute Gasteiger partial charge is 0.317 e. The summed E-state index contributed by atoms with van der Waals surface area (Å²) in [6, 6.07) is 1.70. The standard InChI is InChI=1S/C16H28N4O3/c1-12(2)9-20-5-6-22-15(11-20)8-17-16(21)19(4)10-14-7-13(3)23-18-14/h7,12,15H,5-6,8-11H2,1-4H3,(H,17,21)/t15-/m0/s1. The molecule has 7 heteroatoms. The third-order valence-electron chi connectivity index (χ3n) is 3.75. The lowest BCUT2D eigenvalue weighted by Gasteiger charge is -2.34. The number of nitrogens with one attached hydrogen (secondary N) is 1. The molecule has 2 amide bonds. The van der Waals surface area contributed by atoms with Gasteiger partial charge in [-0.05, 0) is 12.8 Å². The number of nitrogens with zero attached hydrogens (tertiary/aromatic N) is 3. The van der Waals surface area contributed by atoms with Crippen molar-refractivity contribution in [3.05, 3.63) is 17.5 Å². The van der Waals surface area contributed by atoms with Gasteiger partial charge in [0.25, 0.3) is 0 Å². The van der Waals surface area contributed by atoms with Crippen molar-refractivity contribution in [1.82, 2.24) is 20.3 Å². The quantitative estimate of drug-likeness (QED) is 0.858. The Balaban J connectivity index is 1.72. The summed E-state index contributed by atoms with van der Waals surface area (Å²) in [6.07, 6.45) is 0.0501. The molecule has 1 N–H and O–H groups in total. The minimum absolute atomic E-state index is 0.0501. The lowest BCUT2D eigenvalue weighted by molar-refractivity contribution is -0.0293. The van der Waals surface area contributed by atoms with Crippen molar-refractivity contribution >= 4 is 6.03 Å². The lowest BCUT2D eigenvalue weighted by Crippen LogP contribution is -2.49. The number of rotatable bonds is 6. The molecule has 1 atom stereocenters. The van der Waals surface area contributed by atoms with Gasteiger partial charge in [0.2, 0.25) is 0 Å². The highest BCUT2D eigenvalue weighted by Gasteiger charge is 2.22. The van der Waals surface area contributed by atoms with E-state index in [2.05, 4.69) is 29.2 Å². The van der Waals surface area contributed by atoms with Crippen molar-refractivity contribution < 1.29 is 14.1 Å². The topological polar surface area (TPSA) is 70.8 Å². The highest BCUT2D eigenvalue weighted by molar-refractivity contribution is 5.73. The number of aryl methyl sites for hydroxylation is 1. The first kappa shape index (κ1) is 17.7. The Morgan fingerprint density at radius 2 is 2.35 bits per heavy atom. The molecule has 1 aliphatic heterocycles. The van der Waals surface area contributed by atoms with Gasteiger partial charge < -0.3 is 19.5 Å². The molecule has 1 aliphatic rings. The van der Waals surface area contributed by atoms with Gasteiger partial charge in [-0.15, -0.1) is 0 Å². The summed E-state index contributed by atoms with van der Waals surface area (Å²) in [4.78, 5) is 16.1. The summed E-state index contributed by atoms with van der Waals surface area (Å²) in [7, 11) is 1.74. The average molecular weight is 324 g/mol. The first-order valence-corrected chi connectivity index (χ1v) is 8.19. The molecule has 1 aromatic rings. The predicted molar refractivity (Wildman–Crippen MR) is 87.1 cm³/mol. The van der Waals surface area contributed by atoms with Crippen molar-refractivity contribution in [3.8, 4) is 0 Å². The number of amides is 2. The van der Waals surface area contributed by atoms with E-state index < -0.39 is 0 Å². The van der Waals surface area contributed by atoms with E-state index in [1.54, 1.807) is 11.9 Å². The van der Waals surface area contributed by atoms with Gasteiger partial charge in [-0.3, -0.25) is 4.90 Å². The Morgan fingerprint density at radius 1 is 1.57 bits per heavy atom. The Labute approximate surface area is 137 Å². The molecular formula is C16H28N4O3. The first-order valence-electron chi connectivity index (χ1n) is 8.19. The summed E-state index contributed by atoms with van der Waals surface area (Å²) >= 11 is 0. The number of hydrogen-bond donors (Lipinski definition) is 1. The maximum atomic E-state index is 12.1. The average Bonchev–Trinajstić information content (AvgIpc) is 2.89. The molecule has 7 nitrogen and oxygen atoms in total. The maximum absolute atomic E-state index is 12.1. The molecule has 1 saturated heterocycles. The molecule has 0 saturated carbocycles. The number of urea groups is 1. The Hall–Kier alpha value is -1.60. The highest BCUT2D eigenvalue weighted by Crippen LogP contribution is 2.08. The van der Waals surface area contributed by atoms with Gasteiger partial charge in [-0.25, -0.2) is 4.79 Å². The van der Waals surface area contributed by atoms with E-state index in [0.717, 1.165) is 37.7 Å². The van der Waals surface area contributed by atoms with Crippen LogP contribution in [0.5, 0.6) is 0 Å². The zero-order chi connectivity index (χ0) is 16.8. The van der Waals surface area contributed by atoms with Crippen molar-refractivity contribution in [2.24, 2.45) is 5.92 Å². The van der Waals surface area contributed by atoms with Crippen molar-refractivity contribution in [3.63, 3.8) is 0 Å². The SMILES string of the molecule is Cc1cc(CN(C)C(=O)NC[C@H]2CN(CC(C)C)CCO2)no1. The zero-order valence-corrected chi connectivity index (χ0v) is 14.5. The van der Waals surface area contributed by atoms with Gasteiger partial charge in [-0.2, -0.15) is 0 Å². The molecule has 0 spiro atoms. The minimum Gasteiger partial charge on any atom is -0.374 e. The Bertz CT molecular complexity index is 503. The monoisotopic (exact) mass is 324 g/mol. The van der Waals surface area contributed by atoms with E-state index in [9.17, 15) is 4.79 Å². The van der Waals surface area contributed by atoms with Crippen LogP contribution in [-0.4, -0.2) is 66.9 Å². The number of carbonyl (C=O) groups excluding carboxylic acids is 1. The fourth-order valence-corrected chi connectivity index (χ4v) is 2.73. The van der Waals surface area contributed by atoms with Crippen LogP contribution in [0.3, 0.4) is 0 Å². The van der Waals surface area contributed by atoms with Gasteiger partial charge >= 0.3 is 6.03 Å². The predicted octanol–water partition coefficient (Wildman–Crippen LogP) is 1.48. The second kappa shape index (κ2) is 8.31. The maximum Gasteiger partial charge on any atom is 0.317 e.